The van der Waals surface area contributed by atoms with Crippen molar-refractivity contribution in [3.05, 3.63) is 47.9 Å². The van der Waals surface area contributed by atoms with Crippen molar-refractivity contribution in [3.63, 3.8) is 0 Å². The van der Waals surface area contributed by atoms with Crippen molar-refractivity contribution in [1.29, 1.82) is 0 Å². The molecule has 0 radical (unpaired) electrons. The first kappa shape index (κ1) is 11.9. The van der Waals surface area contributed by atoms with Crippen LogP contribution in [0.4, 0.5) is 0 Å². The Morgan fingerprint density at radius 3 is 2.84 bits per heavy atom. The third-order valence-corrected chi connectivity index (χ3v) is 3.27. The van der Waals surface area contributed by atoms with Crippen LogP contribution < -0.4 is 0 Å². The van der Waals surface area contributed by atoms with E-state index in [4.69, 9.17) is 0 Å². The van der Waals surface area contributed by atoms with E-state index in [2.05, 4.69) is 40.9 Å². The smallest absolute Gasteiger partial charge is 0.107 e. The second-order valence-electron chi connectivity index (χ2n) is 4.84. The number of hydrogen-bond acceptors (Lipinski definition) is 2. The molecule has 3 nitrogen and oxygen atoms in total. The number of rotatable bonds is 3. The number of H-pyrrole nitrogens is 1. The van der Waals surface area contributed by atoms with Crippen molar-refractivity contribution in [2.75, 3.05) is 0 Å². The van der Waals surface area contributed by atoms with Gasteiger partial charge in [0, 0.05) is 18.2 Å². The number of aryl methyl sites for hydroxylation is 2. The molecule has 0 aliphatic heterocycles. The summed E-state index contributed by atoms with van der Waals surface area (Å²) in [6, 6.07) is 10.3. The van der Waals surface area contributed by atoms with Crippen LogP contribution in [0, 0.1) is 6.92 Å². The summed E-state index contributed by atoms with van der Waals surface area (Å²) in [5.41, 5.74) is 5.50. The van der Waals surface area contributed by atoms with Gasteiger partial charge in [-0.25, -0.2) is 4.98 Å². The first-order valence-corrected chi connectivity index (χ1v) is 6.68. The lowest BCUT2D eigenvalue weighted by atomic mass is 10.1. The quantitative estimate of drug-likeness (QED) is 0.767. The molecular formula is C16H17N3. The molecule has 96 valence electrons. The first-order valence-electron chi connectivity index (χ1n) is 6.68. The van der Waals surface area contributed by atoms with Gasteiger partial charge in [0.05, 0.1) is 16.7 Å². The maximum atomic E-state index is 4.66. The van der Waals surface area contributed by atoms with Gasteiger partial charge in [0.2, 0.25) is 0 Å². The Kier molecular flexibility index (Phi) is 3.03. The molecule has 0 atom stereocenters. The molecule has 0 bridgehead atoms. The molecule has 0 spiro atoms. The number of nitrogens with zero attached hydrogens (tertiary/aromatic N) is 2. The van der Waals surface area contributed by atoms with Crippen LogP contribution in [0.5, 0.6) is 0 Å². The van der Waals surface area contributed by atoms with Crippen molar-refractivity contribution in [3.8, 4) is 11.3 Å². The Bertz CT molecular complexity index is 699. The molecule has 3 aromatic rings. The van der Waals surface area contributed by atoms with Gasteiger partial charge in [0.1, 0.15) is 5.82 Å². The zero-order valence-electron chi connectivity index (χ0n) is 11.3. The van der Waals surface area contributed by atoms with Gasteiger partial charge in [0.15, 0.2) is 0 Å². The number of aromatic nitrogens is 3. The lowest BCUT2D eigenvalue weighted by Gasteiger charge is -2.02. The largest absolute Gasteiger partial charge is 0.342 e. The van der Waals surface area contributed by atoms with Gasteiger partial charge in [-0.15, -0.1) is 0 Å². The maximum Gasteiger partial charge on any atom is 0.107 e. The van der Waals surface area contributed by atoms with E-state index >= 15 is 0 Å². The number of aromatic amines is 1. The van der Waals surface area contributed by atoms with Gasteiger partial charge < -0.3 is 4.98 Å². The summed E-state index contributed by atoms with van der Waals surface area (Å²) in [7, 11) is 0. The molecule has 1 N–H and O–H groups in total. The summed E-state index contributed by atoms with van der Waals surface area (Å²) in [4.78, 5) is 12.5. The van der Waals surface area contributed by atoms with Crippen molar-refractivity contribution < 1.29 is 0 Å². The Balaban J connectivity index is 2.13. The minimum Gasteiger partial charge on any atom is -0.342 e. The number of fused-ring (bicyclic) bond motifs is 1. The van der Waals surface area contributed by atoms with Gasteiger partial charge in [-0.3, -0.25) is 4.98 Å². The van der Waals surface area contributed by atoms with Crippen molar-refractivity contribution in [2.24, 2.45) is 0 Å². The van der Waals surface area contributed by atoms with Gasteiger partial charge in [-0.2, -0.15) is 0 Å². The molecule has 0 aliphatic carbocycles. The molecule has 0 fully saturated rings. The average molecular weight is 251 g/mol. The van der Waals surface area contributed by atoms with Crippen LogP contribution >= 0.6 is 0 Å². The molecule has 19 heavy (non-hydrogen) atoms. The fraction of sp³-hybridized carbons (Fsp3) is 0.250. The number of nitrogens with one attached hydrogen (secondary N) is 1. The summed E-state index contributed by atoms with van der Waals surface area (Å²) in [6.45, 7) is 4.27. The van der Waals surface area contributed by atoms with Gasteiger partial charge in [-0.05, 0) is 43.2 Å². The highest BCUT2D eigenvalue weighted by Gasteiger charge is 2.08. The van der Waals surface area contributed by atoms with Crippen LogP contribution in [0.15, 0.2) is 36.5 Å². The minimum absolute atomic E-state index is 0.993. The van der Waals surface area contributed by atoms with Crippen molar-refractivity contribution in [1.82, 2.24) is 15.0 Å². The molecule has 3 heteroatoms. The summed E-state index contributed by atoms with van der Waals surface area (Å²) < 4.78 is 0. The van der Waals surface area contributed by atoms with E-state index < -0.39 is 0 Å². The highest BCUT2D eigenvalue weighted by atomic mass is 14.9. The van der Waals surface area contributed by atoms with E-state index in [0.29, 0.717) is 0 Å². The Morgan fingerprint density at radius 1 is 1.21 bits per heavy atom. The second kappa shape index (κ2) is 4.84. The van der Waals surface area contributed by atoms with Gasteiger partial charge >= 0.3 is 0 Å². The molecular weight excluding hydrogens is 234 g/mol. The summed E-state index contributed by atoms with van der Waals surface area (Å²) >= 11 is 0. The van der Waals surface area contributed by atoms with Crippen LogP contribution in [0.25, 0.3) is 22.3 Å². The molecule has 0 saturated heterocycles. The lowest BCUT2D eigenvalue weighted by Crippen LogP contribution is -1.85. The molecule has 0 amide bonds. The van der Waals surface area contributed by atoms with Crippen LogP contribution in [0.2, 0.25) is 0 Å². The second-order valence-corrected chi connectivity index (χ2v) is 4.84. The predicted molar refractivity (Wildman–Crippen MR) is 78.1 cm³/mol. The normalized spacial score (nSPS) is 11.1. The zero-order valence-corrected chi connectivity index (χ0v) is 11.3. The molecule has 0 unspecified atom stereocenters. The van der Waals surface area contributed by atoms with Crippen molar-refractivity contribution >= 4 is 11.0 Å². The Labute approximate surface area is 112 Å². The minimum atomic E-state index is 0.993. The number of imidazole rings is 1. The van der Waals surface area contributed by atoms with E-state index in [-0.39, 0.29) is 0 Å². The van der Waals surface area contributed by atoms with E-state index in [9.17, 15) is 0 Å². The Hall–Kier alpha value is -2.16. The van der Waals surface area contributed by atoms with Crippen molar-refractivity contribution in [2.45, 2.75) is 26.7 Å². The standard InChI is InChI=1S/C16H17N3/c1-3-6-15-18-14-10-12(9-11(2)16(14)19-15)13-7-4-5-8-17-13/h4-5,7-10H,3,6H2,1-2H3,(H,18,19). The number of pyridine rings is 1. The van der Waals surface area contributed by atoms with Crippen LogP contribution in [0.1, 0.15) is 24.7 Å². The summed E-state index contributed by atoms with van der Waals surface area (Å²) in [5.74, 6) is 1.07. The average Bonchev–Trinajstić information content (AvgIpc) is 2.83. The molecule has 3 rings (SSSR count). The first-order chi connectivity index (χ1) is 9.28. The van der Waals surface area contributed by atoms with E-state index in [1.807, 2.05) is 24.4 Å². The highest BCUT2D eigenvalue weighted by molar-refractivity contribution is 5.84. The molecule has 2 aromatic heterocycles. The Morgan fingerprint density at radius 2 is 2.11 bits per heavy atom. The SMILES string of the molecule is CCCc1nc2c(C)cc(-c3ccccn3)cc2[nH]1. The number of benzene rings is 1. The van der Waals surface area contributed by atoms with Crippen LogP contribution in [0.3, 0.4) is 0 Å². The van der Waals surface area contributed by atoms with E-state index in [1.165, 1.54) is 5.56 Å². The van der Waals surface area contributed by atoms with E-state index in [1.54, 1.807) is 0 Å². The molecule has 0 aliphatic rings. The summed E-state index contributed by atoms with van der Waals surface area (Å²) in [5, 5.41) is 0. The lowest BCUT2D eigenvalue weighted by molar-refractivity contribution is 0.861. The van der Waals surface area contributed by atoms with E-state index in [0.717, 1.165) is 41.0 Å². The highest BCUT2D eigenvalue weighted by Crippen LogP contribution is 2.25. The predicted octanol–water partition coefficient (Wildman–Crippen LogP) is 3.89. The van der Waals surface area contributed by atoms with Crippen LogP contribution in [-0.2, 0) is 6.42 Å². The molecule has 2 heterocycles. The third kappa shape index (κ3) is 2.24. The maximum absolute atomic E-state index is 4.66. The molecule has 1 aromatic carbocycles. The fourth-order valence-electron chi connectivity index (χ4n) is 2.38. The zero-order chi connectivity index (χ0) is 13.2. The third-order valence-electron chi connectivity index (χ3n) is 3.27. The number of hydrogen-bond donors (Lipinski definition) is 1. The van der Waals surface area contributed by atoms with Crippen LogP contribution in [-0.4, -0.2) is 15.0 Å². The monoisotopic (exact) mass is 251 g/mol. The fourth-order valence-corrected chi connectivity index (χ4v) is 2.38. The van der Waals surface area contributed by atoms with Gasteiger partial charge in [0.25, 0.3) is 0 Å². The molecule has 0 saturated carbocycles. The topological polar surface area (TPSA) is 41.6 Å². The van der Waals surface area contributed by atoms with Gasteiger partial charge in [-0.1, -0.05) is 13.0 Å². The summed E-state index contributed by atoms with van der Waals surface area (Å²) in [6.07, 6.45) is 3.92.